The van der Waals surface area contributed by atoms with Crippen LogP contribution in [0, 0.1) is 11.3 Å². The van der Waals surface area contributed by atoms with Crippen LogP contribution in [-0.2, 0) is 4.74 Å². The monoisotopic (exact) mass is 220 g/mol. The number of aromatic nitrogens is 1. The molecule has 5 heteroatoms. The van der Waals surface area contributed by atoms with Crippen LogP contribution in [0.3, 0.4) is 0 Å². The normalized spacial score (nSPS) is 10.9. The van der Waals surface area contributed by atoms with E-state index in [0.717, 1.165) is 0 Å². The quantitative estimate of drug-likeness (QED) is 0.800. The van der Waals surface area contributed by atoms with Gasteiger partial charge in [0.05, 0.1) is 23.4 Å². The van der Waals surface area contributed by atoms with E-state index in [2.05, 4.69) is 10.3 Å². The molecule has 0 amide bonds. The summed E-state index contributed by atoms with van der Waals surface area (Å²) in [5.74, 6) is 0.515. The van der Waals surface area contributed by atoms with Crippen LogP contribution < -0.4 is 11.1 Å². The van der Waals surface area contributed by atoms with Gasteiger partial charge >= 0.3 is 0 Å². The van der Waals surface area contributed by atoms with Gasteiger partial charge in [0.1, 0.15) is 6.07 Å². The van der Waals surface area contributed by atoms with Gasteiger partial charge in [-0.3, -0.25) is 0 Å². The third kappa shape index (κ3) is 2.84. The maximum Gasteiger partial charge on any atom is 0.151 e. The summed E-state index contributed by atoms with van der Waals surface area (Å²) >= 11 is 0. The first-order chi connectivity index (χ1) is 7.50. The highest BCUT2D eigenvalue weighted by molar-refractivity contribution is 5.69. The molecule has 0 aliphatic rings. The Bertz CT molecular complexity index is 409. The topological polar surface area (TPSA) is 84.0 Å². The number of rotatable bonds is 4. The first-order valence-electron chi connectivity index (χ1n) is 4.92. The molecule has 0 bridgehead atoms. The van der Waals surface area contributed by atoms with Crippen molar-refractivity contribution in [3.8, 4) is 6.07 Å². The van der Waals surface area contributed by atoms with E-state index in [-0.39, 0.29) is 5.54 Å². The third-order valence-corrected chi connectivity index (χ3v) is 2.07. The van der Waals surface area contributed by atoms with Crippen LogP contribution in [0.25, 0.3) is 0 Å². The average Bonchev–Trinajstić information content (AvgIpc) is 2.21. The van der Waals surface area contributed by atoms with Gasteiger partial charge in [0.25, 0.3) is 0 Å². The Kier molecular flexibility index (Phi) is 3.69. The van der Waals surface area contributed by atoms with E-state index in [1.807, 2.05) is 19.9 Å². The maximum absolute atomic E-state index is 8.83. The van der Waals surface area contributed by atoms with Gasteiger partial charge in [0.2, 0.25) is 0 Å². The predicted octanol–water partition coefficient (Wildman–Crippen LogP) is 1.37. The van der Waals surface area contributed by atoms with Crippen LogP contribution in [0.4, 0.5) is 11.5 Å². The fourth-order valence-electron chi connectivity index (χ4n) is 1.39. The molecular formula is C11H16N4O. The van der Waals surface area contributed by atoms with Crippen molar-refractivity contribution < 1.29 is 4.74 Å². The lowest BCUT2D eigenvalue weighted by Crippen LogP contribution is -2.36. The second-order valence-corrected chi connectivity index (χ2v) is 4.17. The highest BCUT2D eigenvalue weighted by Gasteiger charge is 2.19. The van der Waals surface area contributed by atoms with E-state index in [9.17, 15) is 0 Å². The van der Waals surface area contributed by atoms with Crippen LogP contribution >= 0.6 is 0 Å². The van der Waals surface area contributed by atoms with Crippen molar-refractivity contribution in [1.29, 1.82) is 5.26 Å². The Hall–Kier alpha value is -1.80. The number of hydrogen-bond donors (Lipinski definition) is 2. The van der Waals surface area contributed by atoms with Crippen LogP contribution in [-0.4, -0.2) is 24.2 Å². The summed E-state index contributed by atoms with van der Waals surface area (Å²) in [4.78, 5) is 4.11. The van der Waals surface area contributed by atoms with E-state index >= 15 is 0 Å². The number of hydrogen-bond acceptors (Lipinski definition) is 5. The summed E-state index contributed by atoms with van der Waals surface area (Å²) in [6, 6.07) is 3.60. The second-order valence-electron chi connectivity index (χ2n) is 4.17. The van der Waals surface area contributed by atoms with Crippen LogP contribution in [0.2, 0.25) is 0 Å². The Balaban J connectivity index is 2.94. The Labute approximate surface area is 95.2 Å². The molecule has 1 heterocycles. The molecule has 0 saturated carbocycles. The molecular weight excluding hydrogens is 204 g/mol. The minimum Gasteiger partial charge on any atom is -0.395 e. The number of ether oxygens (including phenoxy) is 1. The van der Waals surface area contributed by atoms with Gasteiger partial charge in [-0.25, -0.2) is 4.98 Å². The third-order valence-electron chi connectivity index (χ3n) is 2.07. The summed E-state index contributed by atoms with van der Waals surface area (Å²) in [6.07, 6.45) is 1.56. The van der Waals surface area contributed by atoms with Crippen LogP contribution in [0.1, 0.15) is 19.4 Å². The molecule has 0 saturated heterocycles. The van der Waals surface area contributed by atoms with Gasteiger partial charge in [-0.2, -0.15) is 5.26 Å². The summed E-state index contributed by atoms with van der Waals surface area (Å²) in [7, 11) is 1.63. The van der Waals surface area contributed by atoms with Crippen molar-refractivity contribution >= 4 is 11.5 Å². The molecule has 0 radical (unpaired) electrons. The molecule has 0 fully saturated rings. The summed E-state index contributed by atoms with van der Waals surface area (Å²) in [5, 5.41) is 12.0. The van der Waals surface area contributed by atoms with E-state index in [4.69, 9.17) is 15.7 Å². The molecule has 86 valence electrons. The molecule has 0 aliphatic carbocycles. The molecule has 1 aromatic rings. The number of nitrogens with zero attached hydrogens (tertiary/aromatic N) is 2. The average molecular weight is 220 g/mol. The van der Waals surface area contributed by atoms with Gasteiger partial charge in [0, 0.05) is 13.3 Å². The molecule has 3 N–H and O–H groups in total. The zero-order valence-corrected chi connectivity index (χ0v) is 9.74. The summed E-state index contributed by atoms with van der Waals surface area (Å²) in [5.41, 5.74) is 6.31. The predicted molar refractivity (Wildman–Crippen MR) is 62.9 cm³/mol. The highest BCUT2D eigenvalue weighted by atomic mass is 16.5. The Morgan fingerprint density at radius 3 is 2.88 bits per heavy atom. The minimum atomic E-state index is -0.288. The van der Waals surface area contributed by atoms with Crippen LogP contribution in [0.5, 0.6) is 0 Å². The van der Waals surface area contributed by atoms with E-state index < -0.39 is 0 Å². The van der Waals surface area contributed by atoms with Crippen molar-refractivity contribution in [1.82, 2.24) is 4.98 Å². The lowest BCUT2D eigenvalue weighted by Gasteiger charge is -2.26. The minimum absolute atomic E-state index is 0.288. The number of nitrogen functional groups attached to an aromatic ring is 1. The standard InChI is InChI=1S/C11H16N4O/c1-11(2,7-16-3)15-10-9(13)8(6-12)4-5-14-10/h4-5H,7,13H2,1-3H3,(H,14,15). The van der Waals surface area contributed by atoms with Crippen molar-refractivity contribution in [3.63, 3.8) is 0 Å². The molecule has 1 rings (SSSR count). The number of anilines is 2. The first-order valence-corrected chi connectivity index (χ1v) is 4.92. The van der Waals surface area contributed by atoms with Crippen molar-refractivity contribution in [3.05, 3.63) is 17.8 Å². The van der Waals surface area contributed by atoms with Crippen molar-refractivity contribution in [2.75, 3.05) is 24.8 Å². The number of pyridine rings is 1. The molecule has 0 aliphatic heterocycles. The van der Waals surface area contributed by atoms with Crippen LogP contribution in [0.15, 0.2) is 12.3 Å². The van der Waals surface area contributed by atoms with Gasteiger partial charge in [0.15, 0.2) is 5.82 Å². The number of nitriles is 1. The fourth-order valence-corrected chi connectivity index (χ4v) is 1.39. The first kappa shape index (κ1) is 12.3. The smallest absolute Gasteiger partial charge is 0.151 e. The summed E-state index contributed by atoms with van der Waals surface area (Å²) < 4.78 is 5.08. The zero-order chi connectivity index (χ0) is 12.2. The maximum atomic E-state index is 8.83. The van der Waals surface area contributed by atoms with E-state index in [1.54, 1.807) is 19.4 Å². The van der Waals surface area contributed by atoms with E-state index in [1.165, 1.54) is 0 Å². The molecule has 5 nitrogen and oxygen atoms in total. The fraction of sp³-hybridized carbons (Fsp3) is 0.455. The SMILES string of the molecule is COCC(C)(C)Nc1nccc(C#N)c1N. The molecule has 1 aromatic heterocycles. The van der Waals surface area contributed by atoms with Crippen molar-refractivity contribution in [2.24, 2.45) is 0 Å². The molecule has 0 atom stereocenters. The second kappa shape index (κ2) is 4.81. The van der Waals surface area contributed by atoms with Gasteiger partial charge in [-0.1, -0.05) is 0 Å². The lowest BCUT2D eigenvalue weighted by molar-refractivity contribution is 0.158. The summed E-state index contributed by atoms with van der Waals surface area (Å²) in [6.45, 7) is 4.46. The van der Waals surface area contributed by atoms with Gasteiger partial charge < -0.3 is 15.8 Å². The number of nitrogens with two attached hydrogens (primary N) is 1. The zero-order valence-electron chi connectivity index (χ0n) is 9.74. The molecule has 0 unspecified atom stereocenters. The highest BCUT2D eigenvalue weighted by Crippen LogP contribution is 2.22. The lowest BCUT2D eigenvalue weighted by atomic mass is 10.1. The number of methoxy groups -OCH3 is 1. The molecule has 16 heavy (non-hydrogen) atoms. The Morgan fingerprint density at radius 1 is 1.62 bits per heavy atom. The molecule has 0 aromatic carbocycles. The van der Waals surface area contributed by atoms with E-state index in [0.29, 0.717) is 23.7 Å². The van der Waals surface area contributed by atoms with Gasteiger partial charge in [-0.15, -0.1) is 0 Å². The molecule has 0 spiro atoms. The Morgan fingerprint density at radius 2 is 2.31 bits per heavy atom. The van der Waals surface area contributed by atoms with Crippen molar-refractivity contribution in [2.45, 2.75) is 19.4 Å². The number of nitrogens with one attached hydrogen (secondary N) is 1. The van der Waals surface area contributed by atoms with Gasteiger partial charge in [-0.05, 0) is 19.9 Å². The largest absolute Gasteiger partial charge is 0.395 e.